The van der Waals surface area contributed by atoms with Crippen molar-refractivity contribution in [1.82, 2.24) is 29.6 Å². The number of carbonyl (C=O) groups excluding carboxylic acids is 1. The van der Waals surface area contributed by atoms with Crippen LogP contribution in [0.3, 0.4) is 0 Å². The van der Waals surface area contributed by atoms with Crippen LogP contribution in [0, 0.1) is 6.92 Å². The summed E-state index contributed by atoms with van der Waals surface area (Å²) in [6, 6.07) is 12.0. The quantitative estimate of drug-likeness (QED) is 0.493. The van der Waals surface area contributed by atoms with Crippen LogP contribution in [0.1, 0.15) is 45.9 Å². The van der Waals surface area contributed by atoms with Gasteiger partial charge in [0.25, 0.3) is 5.91 Å². The molecule has 6 rings (SSSR count). The van der Waals surface area contributed by atoms with E-state index in [0.29, 0.717) is 24.2 Å². The SMILES string of the molecule is Cc1cc(-c2nc(Nc3ccc4c(c3)CCNC4=O)n(C)n2)ccc1-n1cnc(C2CC2)c1. The van der Waals surface area contributed by atoms with Gasteiger partial charge in [0.1, 0.15) is 0 Å². The first kappa shape index (κ1) is 19.7. The van der Waals surface area contributed by atoms with E-state index in [0.717, 1.165) is 40.0 Å². The molecule has 3 heterocycles. The normalized spacial score (nSPS) is 15.3. The molecular formula is C25H25N7O. The molecule has 2 N–H and O–H groups in total. The fourth-order valence-corrected chi connectivity index (χ4v) is 4.39. The van der Waals surface area contributed by atoms with Gasteiger partial charge in [0.15, 0.2) is 5.82 Å². The maximum atomic E-state index is 12.0. The third-order valence-corrected chi connectivity index (χ3v) is 6.38. The maximum absolute atomic E-state index is 12.0. The molecule has 1 aliphatic carbocycles. The summed E-state index contributed by atoms with van der Waals surface area (Å²) in [6.45, 7) is 2.76. The van der Waals surface area contributed by atoms with Gasteiger partial charge in [-0.15, -0.1) is 5.10 Å². The van der Waals surface area contributed by atoms with Crippen molar-refractivity contribution in [2.24, 2.45) is 7.05 Å². The molecule has 2 aromatic heterocycles. The van der Waals surface area contributed by atoms with Crippen LogP contribution in [0.15, 0.2) is 48.9 Å². The van der Waals surface area contributed by atoms with Gasteiger partial charge in [-0.1, -0.05) is 0 Å². The minimum absolute atomic E-state index is 0.0120. The van der Waals surface area contributed by atoms with E-state index in [1.165, 1.54) is 18.5 Å². The van der Waals surface area contributed by atoms with E-state index in [2.05, 4.69) is 56.6 Å². The monoisotopic (exact) mass is 439 g/mol. The average molecular weight is 440 g/mol. The number of imidazole rings is 1. The smallest absolute Gasteiger partial charge is 0.251 e. The molecule has 0 bridgehead atoms. The third kappa shape index (κ3) is 3.67. The Hall–Kier alpha value is -3.94. The summed E-state index contributed by atoms with van der Waals surface area (Å²) in [5.41, 5.74) is 7.08. The highest BCUT2D eigenvalue weighted by molar-refractivity contribution is 5.97. The number of nitrogens with zero attached hydrogens (tertiary/aromatic N) is 5. The summed E-state index contributed by atoms with van der Waals surface area (Å²) in [5.74, 6) is 1.94. The van der Waals surface area contributed by atoms with E-state index in [9.17, 15) is 4.79 Å². The molecule has 4 aromatic rings. The number of anilines is 2. The number of hydrogen-bond acceptors (Lipinski definition) is 5. The van der Waals surface area contributed by atoms with Crippen molar-refractivity contribution in [3.63, 3.8) is 0 Å². The van der Waals surface area contributed by atoms with Crippen LogP contribution in [-0.2, 0) is 13.5 Å². The molecule has 0 radical (unpaired) electrons. The Labute approximate surface area is 191 Å². The van der Waals surface area contributed by atoms with Crippen LogP contribution >= 0.6 is 0 Å². The second kappa shape index (κ2) is 7.58. The fourth-order valence-electron chi connectivity index (χ4n) is 4.39. The van der Waals surface area contributed by atoms with Gasteiger partial charge >= 0.3 is 0 Å². The van der Waals surface area contributed by atoms with Crippen molar-refractivity contribution < 1.29 is 4.79 Å². The van der Waals surface area contributed by atoms with E-state index in [-0.39, 0.29) is 5.91 Å². The second-order valence-corrected chi connectivity index (χ2v) is 8.87. The zero-order valence-electron chi connectivity index (χ0n) is 18.7. The highest BCUT2D eigenvalue weighted by atomic mass is 16.1. The molecule has 0 atom stereocenters. The highest BCUT2D eigenvalue weighted by Gasteiger charge is 2.26. The lowest BCUT2D eigenvalue weighted by atomic mass is 10.00. The van der Waals surface area contributed by atoms with Crippen LogP contribution in [-0.4, -0.2) is 36.8 Å². The molecule has 0 saturated heterocycles. The van der Waals surface area contributed by atoms with Crippen molar-refractivity contribution in [2.75, 3.05) is 11.9 Å². The highest BCUT2D eigenvalue weighted by Crippen LogP contribution is 2.39. The molecule has 1 fully saturated rings. The standard InChI is InChI=1S/C25H25N7O/c1-15-11-18(5-8-22(15)32-13-21(27-14-32)16-3-4-16)23-29-25(31(2)30-23)28-19-6-7-20-17(12-19)9-10-26-24(20)33/h5-8,11-14,16H,3-4,9-10H2,1-2H3,(H,26,33)(H,28,29,30). The first-order valence-electron chi connectivity index (χ1n) is 11.3. The first-order valence-corrected chi connectivity index (χ1v) is 11.3. The number of rotatable bonds is 5. The number of hydrogen-bond donors (Lipinski definition) is 2. The molecule has 1 saturated carbocycles. The number of amides is 1. The van der Waals surface area contributed by atoms with Gasteiger partial charge in [0, 0.05) is 48.2 Å². The summed E-state index contributed by atoms with van der Waals surface area (Å²) in [5, 5.41) is 10.8. The van der Waals surface area contributed by atoms with Crippen LogP contribution in [0.2, 0.25) is 0 Å². The van der Waals surface area contributed by atoms with E-state index in [4.69, 9.17) is 4.98 Å². The van der Waals surface area contributed by atoms with Crippen molar-refractivity contribution in [3.8, 4) is 17.1 Å². The number of benzene rings is 2. The Morgan fingerprint density at radius 1 is 1.15 bits per heavy atom. The lowest BCUT2D eigenvalue weighted by Gasteiger charge is -2.17. The predicted molar refractivity (Wildman–Crippen MR) is 126 cm³/mol. The molecular weight excluding hydrogens is 414 g/mol. The number of fused-ring (bicyclic) bond motifs is 1. The van der Waals surface area contributed by atoms with E-state index >= 15 is 0 Å². The van der Waals surface area contributed by atoms with Gasteiger partial charge in [0.05, 0.1) is 12.0 Å². The van der Waals surface area contributed by atoms with E-state index < -0.39 is 0 Å². The van der Waals surface area contributed by atoms with Gasteiger partial charge in [0.2, 0.25) is 5.95 Å². The van der Waals surface area contributed by atoms with Crippen molar-refractivity contribution in [3.05, 3.63) is 71.3 Å². The third-order valence-electron chi connectivity index (χ3n) is 6.38. The second-order valence-electron chi connectivity index (χ2n) is 8.87. The molecule has 1 amide bonds. The molecule has 0 spiro atoms. The van der Waals surface area contributed by atoms with Gasteiger partial charge in [-0.2, -0.15) is 4.98 Å². The molecule has 33 heavy (non-hydrogen) atoms. The number of aromatic nitrogens is 5. The molecule has 166 valence electrons. The van der Waals surface area contributed by atoms with Crippen LogP contribution < -0.4 is 10.6 Å². The minimum atomic E-state index is -0.0120. The molecule has 1 aliphatic heterocycles. The number of carbonyl (C=O) groups is 1. The molecule has 2 aromatic carbocycles. The Balaban J connectivity index is 1.25. The lowest BCUT2D eigenvalue weighted by molar-refractivity contribution is 0.0946. The zero-order chi connectivity index (χ0) is 22.5. The first-order chi connectivity index (χ1) is 16.0. The van der Waals surface area contributed by atoms with Gasteiger partial charge in [-0.25, -0.2) is 9.67 Å². The Bertz CT molecular complexity index is 1380. The summed E-state index contributed by atoms with van der Waals surface area (Å²) < 4.78 is 3.84. The number of nitrogens with one attached hydrogen (secondary N) is 2. The predicted octanol–water partition coefficient (Wildman–Crippen LogP) is 3.88. The number of aryl methyl sites for hydroxylation is 2. The average Bonchev–Trinajstić information content (AvgIpc) is 3.43. The molecule has 2 aliphatic rings. The van der Waals surface area contributed by atoms with Crippen LogP contribution in [0.4, 0.5) is 11.6 Å². The van der Waals surface area contributed by atoms with E-state index in [1.54, 1.807) is 4.68 Å². The summed E-state index contributed by atoms with van der Waals surface area (Å²) in [4.78, 5) is 21.3. The van der Waals surface area contributed by atoms with Crippen molar-refractivity contribution in [1.29, 1.82) is 0 Å². The molecule has 8 nitrogen and oxygen atoms in total. The fraction of sp³-hybridized carbons (Fsp3) is 0.280. The Kier molecular flexibility index (Phi) is 4.53. The largest absolute Gasteiger partial charge is 0.352 e. The summed E-state index contributed by atoms with van der Waals surface area (Å²) in [6.07, 6.45) is 7.36. The zero-order valence-corrected chi connectivity index (χ0v) is 18.7. The Morgan fingerprint density at radius 2 is 2.03 bits per heavy atom. The van der Waals surface area contributed by atoms with Gasteiger partial charge in [-0.05, 0) is 73.7 Å². The Morgan fingerprint density at radius 3 is 2.85 bits per heavy atom. The molecule has 8 heteroatoms. The topological polar surface area (TPSA) is 89.7 Å². The maximum Gasteiger partial charge on any atom is 0.251 e. The van der Waals surface area contributed by atoms with Crippen LogP contribution in [0.5, 0.6) is 0 Å². The van der Waals surface area contributed by atoms with Crippen molar-refractivity contribution in [2.45, 2.75) is 32.1 Å². The summed E-state index contributed by atoms with van der Waals surface area (Å²) >= 11 is 0. The molecule has 0 unspecified atom stereocenters. The lowest BCUT2D eigenvalue weighted by Crippen LogP contribution is -2.31. The van der Waals surface area contributed by atoms with E-state index in [1.807, 2.05) is 31.6 Å². The van der Waals surface area contributed by atoms with Gasteiger partial charge in [-0.3, -0.25) is 4.79 Å². The van der Waals surface area contributed by atoms with Crippen molar-refractivity contribution >= 4 is 17.5 Å². The van der Waals surface area contributed by atoms with Gasteiger partial charge < -0.3 is 15.2 Å². The van der Waals surface area contributed by atoms with Crippen LogP contribution in [0.25, 0.3) is 17.1 Å². The summed E-state index contributed by atoms with van der Waals surface area (Å²) in [7, 11) is 1.87. The minimum Gasteiger partial charge on any atom is -0.352 e.